The monoisotopic (exact) mass is 350 g/mol. The number of anilines is 2. The van der Waals surface area contributed by atoms with Gasteiger partial charge in [0.2, 0.25) is 0 Å². The van der Waals surface area contributed by atoms with Crippen molar-refractivity contribution in [1.82, 2.24) is 4.98 Å². The quantitative estimate of drug-likeness (QED) is 0.674. The van der Waals surface area contributed by atoms with E-state index in [4.69, 9.17) is 0 Å². The van der Waals surface area contributed by atoms with Crippen LogP contribution in [0.4, 0.5) is 15.2 Å². The molecular formula is C15H12BrFN2S. The number of aromatic nitrogens is 1. The maximum Gasteiger partial charge on any atom is 0.188 e. The van der Waals surface area contributed by atoms with Crippen LogP contribution >= 0.6 is 27.3 Å². The van der Waals surface area contributed by atoms with Gasteiger partial charge < -0.3 is 5.32 Å². The topological polar surface area (TPSA) is 24.9 Å². The molecule has 1 aromatic heterocycles. The summed E-state index contributed by atoms with van der Waals surface area (Å²) >= 11 is 5.00. The van der Waals surface area contributed by atoms with Gasteiger partial charge in [0.15, 0.2) is 5.13 Å². The number of benzene rings is 2. The fraction of sp³-hybridized carbons (Fsp3) is 0.133. The number of halogens is 2. The highest BCUT2D eigenvalue weighted by molar-refractivity contribution is 9.10. The number of nitrogens with zero attached hydrogens (tertiary/aromatic N) is 1. The Hall–Kier alpha value is -1.46. The number of nitrogens with one attached hydrogen (secondary N) is 1. The third-order valence-corrected chi connectivity index (χ3v) is 4.48. The molecule has 0 amide bonds. The van der Waals surface area contributed by atoms with Crippen LogP contribution in [-0.4, -0.2) is 4.98 Å². The Morgan fingerprint density at radius 2 is 2.10 bits per heavy atom. The van der Waals surface area contributed by atoms with Crippen LogP contribution in [0.1, 0.15) is 12.5 Å². The van der Waals surface area contributed by atoms with Crippen molar-refractivity contribution < 1.29 is 4.39 Å². The summed E-state index contributed by atoms with van der Waals surface area (Å²) in [7, 11) is 0. The van der Waals surface area contributed by atoms with E-state index in [2.05, 4.69) is 39.2 Å². The predicted octanol–water partition coefficient (Wildman–Crippen LogP) is 5.50. The Morgan fingerprint density at radius 3 is 2.90 bits per heavy atom. The van der Waals surface area contributed by atoms with E-state index in [-0.39, 0.29) is 5.82 Å². The largest absolute Gasteiger partial charge is 0.331 e. The van der Waals surface area contributed by atoms with Gasteiger partial charge in [0.1, 0.15) is 5.82 Å². The fourth-order valence-electron chi connectivity index (χ4n) is 2.05. The normalized spacial score (nSPS) is 10.9. The minimum absolute atomic E-state index is 0.257. The van der Waals surface area contributed by atoms with Crippen LogP contribution in [0.3, 0.4) is 0 Å². The van der Waals surface area contributed by atoms with Crippen molar-refractivity contribution in [2.45, 2.75) is 13.3 Å². The van der Waals surface area contributed by atoms with E-state index >= 15 is 0 Å². The van der Waals surface area contributed by atoms with Gasteiger partial charge in [-0.1, -0.05) is 34.2 Å². The molecule has 0 fully saturated rings. The fourth-order valence-corrected chi connectivity index (χ4v) is 3.31. The highest BCUT2D eigenvalue weighted by Crippen LogP contribution is 2.31. The second kappa shape index (κ2) is 5.50. The molecule has 0 aliphatic heterocycles. The lowest BCUT2D eigenvalue weighted by Crippen LogP contribution is -1.94. The van der Waals surface area contributed by atoms with Crippen LogP contribution in [0, 0.1) is 5.82 Å². The second-order valence-corrected chi connectivity index (χ2v) is 6.36. The summed E-state index contributed by atoms with van der Waals surface area (Å²) in [5.74, 6) is -0.257. The highest BCUT2D eigenvalue weighted by atomic mass is 79.9. The molecule has 0 bridgehead atoms. The van der Waals surface area contributed by atoms with Crippen LogP contribution in [0.15, 0.2) is 40.9 Å². The molecule has 2 nitrogen and oxygen atoms in total. The summed E-state index contributed by atoms with van der Waals surface area (Å²) in [6.07, 6.45) is 0.932. The summed E-state index contributed by atoms with van der Waals surface area (Å²) in [5, 5.41) is 4.10. The Bertz CT molecular complexity index is 770. The minimum atomic E-state index is -0.257. The predicted molar refractivity (Wildman–Crippen MR) is 86.4 cm³/mol. The molecule has 20 heavy (non-hydrogen) atoms. The van der Waals surface area contributed by atoms with Crippen LogP contribution in [0.5, 0.6) is 0 Å². The van der Waals surface area contributed by atoms with E-state index in [9.17, 15) is 4.39 Å². The number of thiazole rings is 1. The lowest BCUT2D eigenvalue weighted by Gasteiger charge is -2.08. The van der Waals surface area contributed by atoms with E-state index in [1.165, 1.54) is 29.0 Å². The molecule has 0 aliphatic carbocycles. The van der Waals surface area contributed by atoms with Crippen molar-refractivity contribution in [1.29, 1.82) is 0 Å². The lowest BCUT2D eigenvalue weighted by molar-refractivity contribution is 0.629. The van der Waals surface area contributed by atoms with Gasteiger partial charge in [-0.25, -0.2) is 9.37 Å². The summed E-state index contributed by atoms with van der Waals surface area (Å²) in [5.41, 5.74) is 2.94. The number of aryl methyl sites for hydroxylation is 1. The van der Waals surface area contributed by atoms with E-state index in [1.54, 1.807) is 6.07 Å². The summed E-state index contributed by atoms with van der Waals surface area (Å²) in [6.45, 7) is 2.11. The molecule has 102 valence electrons. The van der Waals surface area contributed by atoms with Gasteiger partial charge in [0, 0.05) is 16.2 Å². The van der Waals surface area contributed by atoms with Crippen molar-refractivity contribution in [2.24, 2.45) is 0 Å². The maximum atomic E-state index is 13.2. The van der Waals surface area contributed by atoms with Crippen molar-refractivity contribution in [3.8, 4) is 0 Å². The number of fused-ring (bicyclic) bond motifs is 1. The van der Waals surface area contributed by atoms with Crippen LogP contribution in [0.25, 0.3) is 10.2 Å². The van der Waals surface area contributed by atoms with Gasteiger partial charge in [-0.2, -0.15) is 0 Å². The SMILES string of the molecule is CCc1cc(Br)ccc1Nc1nc2cc(F)ccc2s1. The molecule has 3 rings (SSSR count). The van der Waals surface area contributed by atoms with E-state index in [1.807, 2.05) is 12.1 Å². The van der Waals surface area contributed by atoms with Crippen LogP contribution in [0.2, 0.25) is 0 Å². The van der Waals surface area contributed by atoms with Crippen molar-refractivity contribution in [2.75, 3.05) is 5.32 Å². The first kappa shape index (κ1) is 13.5. The molecule has 0 radical (unpaired) electrons. The molecule has 3 aromatic rings. The number of hydrogen-bond acceptors (Lipinski definition) is 3. The summed E-state index contributed by atoms with van der Waals surface area (Å²) < 4.78 is 15.2. The minimum Gasteiger partial charge on any atom is -0.331 e. The standard InChI is InChI=1S/C15H12BrFN2S/c1-2-9-7-10(16)3-5-12(9)18-15-19-13-8-11(17)4-6-14(13)20-15/h3-8H,2H2,1H3,(H,18,19). The highest BCUT2D eigenvalue weighted by Gasteiger charge is 2.07. The third-order valence-electron chi connectivity index (χ3n) is 3.04. The van der Waals surface area contributed by atoms with Crippen molar-refractivity contribution >= 4 is 48.3 Å². The molecule has 5 heteroatoms. The van der Waals surface area contributed by atoms with E-state index < -0.39 is 0 Å². The van der Waals surface area contributed by atoms with Gasteiger partial charge in [-0.15, -0.1) is 0 Å². The van der Waals surface area contributed by atoms with E-state index in [0.717, 1.165) is 26.4 Å². The zero-order valence-corrected chi connectivity index (χ0v) is 13.2. The first-order chi connectivity index (χ1) is 9.65. The number of rotatable bonds is 3. The van der Waals surface area contributed by atoms with Gasteiger partial charge in [-0.3, -0.25) is 0 Å². The van der Waals surface area contributed by atoms with Crippen LogP contribution in [-0.2, 0) is 6.42 Å². The zero-order valence-electron chi connectivity index (χ0n) is 10.8. The summed E-state index contributed by atoms with van der Waals surface area (Å²) in [6, 6.07) is 10.8. The summed E-state index contributed by atoms with van der Waals surface area (Å²) in [4.78, 5) is 4.42. The average Bonchev–Trinajstić information content (AvgIpc) is 2.82. The van der Waals surface area contributed by atoms with Gasteiger partial charge in [0.05, 0.1) is 10.2 Å². The molecule has 0 saturated carbocycles. The zero-order chi connectivity index (χ0) is 14.1. The molecule has 0 aliphatic rings. The molecule has 1 N–H and O–H groups in total. The van der Waals surface area contributed by atoms with Gasteiger partial charge >= 0.3 is 0 Å². The molecule has 0 atom stereocenters. The Morgan fingerprint density at radius 1 is 1.25 bits per heavy atom. The van der Waals surface area contributed by atoms with E-state index in [0.29, 0.717) is 5.52 Å². The maximum absolute atomic E-state index is 13.2. The molecular weight excluding hydrogens is 339 g/mol. The molecule has 0 unspecified atom stereocenters. The lowest BCUT2D eigenvalue weighted by atomic mass is 10.1. The average molecular weight is 351 g/mol. The second-order valence-electron chi connectivity index (χ2n) is 4.41. The Kier molecular flexibility index (Phi) is 3.72. The number of hydrogen-bond donors (Lipinski definition) is 1. The first-order valence-electron chi connectivity index (χ1n) is 6.27. The third kappa shape index (κ3) is 2.69. The molecule has 1 heterocycles. The first-order valence-corrected chi connectivity index (χ1v) is 7.88. The van der Waals surface area contributed by atoms with Crippen molar-refractivity contribution in [3.63, 3.8) is 0 Å². The molecule has 0 saturated heterocycles. The van der Waals surface area contributed by atoms with Crippen molar-refractivity contribution in [3.05, 3.63) is 52.3 Å². The Balaban J connectivity index is 1.96. The molecule has 2 aromatic carbocycles. The van der Waals surface area contributed by atoms with Gasteiger partial charge in [0.25, 0.3) is 0 Å². The Labute approximate surface area is 128 Å². The molecule has 0 spiro atoms. The smallest absolute Gasteiger partial charge is 0.188 e. The van der Waals surface area contributed by atoms with Gasteiger partial charge in [-0.05, 0) is 42.3 Å². The van der Waals surface area contributed by atoms with Crippen LogP contribution < -0.4 is 5.32 Å².